The van der Waals surface area contributed by atoms with Gasteiger partial charge in [0.25, 0.3) is 0 Å². The van der Waals surface area contributed by atoms with E-state index in [4.69, 9.17) is 23.2 Å². The molecule has 0 amide bonds. The summed E-state index contributed by atoms with van der Waals surface area (Å²) in [5.41, 5.74) is 2.47. The Morgan fingerprint density at radius 3 is 1.17 bits per heavy atom. The molecule has 0 aliphatic carbocycles. The van der Waals surface area contributed by atoms with Gasteiger partial charge in [-0.15, -0.1) is 0 Å². The topological polar surface area (TPSA) is 109 Å². The van der Waals surface area contributed by atoms with Gasteiger partial charge in [-0.25, -0.2) is 18.0 Å². The number of hydrogen-bond donors (Lipinski definition) is 2. The van der Waals surface area contributed by atoms with Crippen LogP contribution in [-0.2, 0) is 9.84 Å². The molecule has 4 rings (SSSR count). The minimum atomic E-state index is -4.03. The van der Waals surface area contributed by atoms with Gasteiger partial charge in [0, 0.05) is 39.6 Å². The first-order valence-corrected chi connectivity index (χ1v) is 14.7. The Kier molecular flexibility index (Phi) is 11.8. The van der Waals surface area contributed by atoms with E-state index in [2.05, 4.69) is 0 Å². The Morgan fingerprint density at radius 1 is 0.571 bits per heavy atom. The fraction of sp³-hybridized carbons (Fsp3) is 0.0625. The van der Waals surface area contributed by atoms with Crippen LogP contribution in [0.25, 0.3) is 12.2 Å². The van der Waals surface area contributed by atoms with E-state index in [1.165, 1.54) is 24.3 Å². The SMILES string of the molecule is O=C(O)c1ccc(C=CC(c2ccc(Cl)cc2)S(=O)(=O)C(C=Cc2ccc(C(=O)O)cc2)c2ccc(Cl)cc2)cc1.[Na]. The van der Waals surface area contributed by atoms with Gasteiger partial charge in [-0.05, 0) is 70.8 Å². The Hall–Kier alpha value is -3.17. The standard InChI is InChI=1S/C32H24Cl2O6S.Na/c33-27-15-11-23(12-16-27)29(19-5-21-1-7-25(8-2-21)31(35)36)41(39,40)30(24-13-17-28(34)18-14-24)20-6-22-3-9-26(10-4-22)32(37)38;/h1-20,29-30H,(H,35,36)(H,37,38);. The van der Waals surface area contributed by atoms with Gasteiger partial charge in [-0.2, -0.15) is 0 Å². The van der Waals surface area contributed by atoms with Crippen molar-refractivity contribution in [1.82, 2.24) is 0 Å². The normalized spacial score (nSPS) is 13.0. The minimum Gasteiger partial charge on any atom is -0.478 e. The van der Waals surface area contributed by atoms with E-state index in [1.54, 1.807) is 97.1 Å². The number of benzene rings is 4. The zero-order valence-corrected chi connectivity index (χ0v) is 26.7. The van der Waals surface area contributed by atoms with E-state index in [9.17, 15) is 28.2 Å². The van der Waals surface area contributed by atoms with Crippen molar-refractivity contribution in [1.29, 1.82) is 0 Å². The van der Waals surface area contributed by atoms with Crippen molar-refractivity contribution < 1.29 is 28.2 Å². The molecule has 1 radical (unpaired) electrons. The summed E-state index contributed by atoms with van der Waals surface area (Å²) in [6.45, 7) is 0. The van der Waals surface area contributed by atoms with E-state index >= 15 is 0 Å². The molecule has 10 heteroatoms. The van der Waals surface area contributed by atoms with Crippen LogP contribution in [0.5, 0.6) is 0 Å². The van der Waals surface area contributed by atoms with Gasteiger partial charge in [0.15, 0.2) is 9.84 Å². The molecule has 209 valence electrons. The predicted octanol–water partition coefficient (Wildman–Crippen LogP) is 7.63. The third-order valence-corrected chi connectivity index (χ3v) is 9.13. The summed E-state index contributed by atoms with van der Waals surface area (Å²) in [5.74, 6) is -2.12. The molecule has 0 bridgehead atoms. The summed E-state index contributed by atoms with van der Waals surface area (Å²) in [6, 6.07) is 25.3. The van der Waals surface area contributed by atoms with E-state index in [-0.39, 0.29) is 40.7 Å². The number of rotatable bonds is 10. The number of carboxylic acids is 2. The van der Waals surface area contributed by atoms with Gasteiger partial charge >= 0.3 is 11.9 Å². The van der Waals surface area contributed by atoms with Gasteiger partial charge in [0.1, 0.15) is 10.5 Å². The maximum absolute atomic E-state index is 14.4. The number of hydrogen-bond acceptors (Lipinski definition) is 4. The summed E-state index contributed by atoms with van der Waals surface area (Å²) >= 11 is 12.2. The van der Waals surface area contributed by atoms with Crippen LogP contribution in [-0.4, -0.2) is 60.1 Å². The van der Waals surface area contributed by atoms with Crippen molar-refractivity contribution in [2.75, 3.05) is 0 Å². The molecule has 0 saturated heterocycles. The van der Waals surface area contributed by atoms with Crippen molar-refractivity contribution >= 4 is 86.7 Å². The first kappa shape index (κ1) is 33.3. The molecule has 0 fully saturated rings. The molecule has 0 aliphatic rings. The number of sulfone groups is 1. The van der Waals surface area contributed by atoms with Gasteiger partial charge in [0.2, 0.25) is 0 Å². The van der Waals surface area contributed by atoms with Crippen LogP contribution in [0.2, 0.25) is 10.0 Å². The molecule has 0 spiro atoms. The van der Waals surface area contributed by atoms with E-state index in [0.29, 0.717) is 32.3 Å². The number of carboxylic acid groups (broad SMARTS) is 2. The minimum absolute atomic E-state index is 0. The monoisotopic (exact) mass is 629 g/mol. The third kappa shape index (κ3) is 8.44. The molecule has 0 aliphatic heterocycles. The summed E-state index contributed by atoms with van der Waals surface area (Å²) in [7, 11) is -4.03. The zero-order valence-electron chi connectivity index (χ0n) is 22.4. The van der Waals surface area contributed by atoms with E-state index in [1.807, 2.05) is 0 Å². The largest absolute Gasteiger partial charge is 0.478 e. The third-order valence-electron chi connectivity index (χ3n) is 6.35. The Morgan fingerprint density at radius 2 is 0.881 bits per heavy atom. The zero-order chi connectivity index (χ0) is 29.6. The molecule has 4 aromatic carbocycles. The van der Waals surface area contributed by atoms with Crippen molar-refractivity contribution in [3.63, 3.8) is 0 Å². The van der Waals surface area contributed by atoms with Crippen molar-refractivity contribution in [2.24, 2.45) is 0 Å². The Labute approximate surface area is 276 Å². The molecular weight excluding hydrogens is 606 g/mol. The summed E-state index contributed by atoms with van der Waals surface area (Å²) in [4.78, 5) is 22.4. The maximum atomic E-state index is 14.4. The average Bonchev–Trinajstić information content (AvgIpc) is 2.95. The Balaban J connectivity index is 0.00000484. The van der Waals surface area contributed by atoms with Crippen LogP contribution in [0.4, 0.5) is 0 Å². The average molecular weight is 631 g/mol. The predicted molar refractivity (Wildman–Crippen MR) is 168 cm³/mol. The molecular formula is C32H24Cl2NaO6S. The molecule has 0 saturated carbocycles. The van der Waals surface area contributed by atoms with Crippen LogP contribution in [0, 0.1) is 0 Å². The summed E-state index contributed by atoms with van der Waals surface area (Å²) < 4.78 is 28.8. The molecule has 42 heavy (non-hydrogen) atoms. The first-order chi connectivity index (χ1) is 19.5. The van der Waals surface area contributed by atoms with Gasteiger partial charge in [0.05, 0.1) is 11.1 Å². The number of halogens is 2. The molecule has 2 N–H and O–H groups in total. The maximum Gasteiger partial charge on any atom is 0.335 e. The summed E-state index contributed by atoms with van der Waals surface area (Å²) in [5, 5.41) is 17.1. The summed E-state index contributed by atoms with van der Waals surface area (Å²) in [6.07, 6.45) is 6.39. The fourth-order valence-electron chi connectivity index (χ4n) is 4.15. The quantitative estimate of drug-likeness (QED) is 0.175. The molecule has 6 nitrogen and oxygen atoms in total. The van der Waals surface area contributed by atoms with Crippen molar-refractivity contribution in [2.45, 2.75) is 10.5 Å². The molecule has 2 atom stereocenters. The van der Waals surface area contributed by atoms with Gasteiger partial charge in [-0.3, -0.25) is 0 Å². The smallest absolute Gasteiger partial charge is 0.335 e. The molecule has 4 aromatic rings. The van der Waals surface area contributed by atoms with E-state index in [0.717, 1.165) is 0 Å². The van der Waals surface area contributed by atoms with Crippen LogP contribution >= 0.6 is 23.2 Å². The van der Waals surface area contributed by atoms with Crippen LogP contribution in [0.15, 0.2) is 109 Å². The van der Waals surface area contributed by atoms with Crippen molar-refractivity contribution in [3.8, 4) is 0 Å². The Bertz CT molecular complexity index is 1580. The van der Waals surface area contributed by atoms with Gasteiger partial charge < -0.3 is 10.2 Å². The second-order valence-corrected chi connectivity index (χ2v) is 12.2. The second kappa shape index (κ2) is 14.8. The van der Waals surface area contributed by atoms with Crippen LogP contribution in [0.1, 0.15) is 53.5 Å². The van der Waals surface area contributed by atoms with Crippen LogP contribution in [0.3, 0.4) is 0 Å². The second-order valence-electron chi connectivity index (χ2n) is 9.11. The molecule has 2 unspecified atom stereocenters. The first-order valence-electron chi connectivity index (χ1n) is 12.3. The number of carbonyl (C=O) groups is 2. The van der Waals surface area contributed by atoms with Crippen molar-refractivity contribution in [3.05, 3.63) is 153 Å². The number of aromatic carboxylic acids is 2. The molecule has 0 heterocycles. The fourth-order valence-corrected chi connectivity index (χ4v) is 6.39. The van der Waals surface area contributed by atoms with Crippen LogP contribution < -0.4 is 0 Å². The molecule has 0 aromatic heterocycles. The van der Waals surface area contributed by atoms with Gasteiger partial charge in [-0.1, -0.05) is 96.0 Å². The van der Waals surface area contributed by atoms with E-state index < -0.39 is 32.3 Å².